The first-order valence-electron chi connectivity index (χ1n) is 12.6. The van der Waals surface area contributed by atoms with E-state index in [0.717, 1.165) is 33.7 Å². The first kappa shape index (κ1) is 29.6. The van der Waals surface area contributed by atoms with Gasteiger partial charge in [0.05, 0.1) is 25.1 Å². The standard InChI is InChI=1S/C28H29F3N6O3S/c1-16-12-22(39-3)13-17(2)25(16)34-27(41)35-33-15-18-4-6-19(7-5-18)23-14-24(26(32)38)37(36-23)20-8-10-21(11-9-20)40-28(29,30)31/h4-8,10-13,15,20,24H,9,14H2,1-3H3,(H2,32,38)(H2,34,35,41)/b33-15+. The summed E-state index contributed by atoms with van der Waals surface area (Å²) in [4.78, 5) is 12.1. The lowest BCUT2D eigenvalue weighted by molar-refractivity contribution is -0.303. The minimum atomic E-state index is -4.77. The summed E-state index contributed by atoms with van der Waals surface area (Å²) in [6.45, 7) is 3.91. The largest absolute Gasteiger partial charge is 0.573 e. The number of methoxy groups -OCH3 is 1. The molecule has 13 heteroatoms. The third kappa shape index (κ3) is 7.63. The second-order valence-electron chi connectivity index (χ2n) is 9.45. The molecule has 2 aromatic rings. The maximum Gasteiger partial charge on any atom is 0.573 e. The summed E-state index contributed by atoms with van der Waals surface area (Å²) in [5, 5.41) is 13.8. The highest BCUT2D eigenvalue weighted by Gasteiger charge is 2.37. The Labute approximate surface area is 240 Å². The van der Waals surface area contributed by atoms with Crippen molar-refractivity contribution in [1.29, 1.82) is 0 Å². The van der Waals surface area contributed by atoms with E-state index in [2.05, 4.69) is 25.7 Å². The SMILES string of the molecule is COc1cc(C)c(NC(=S)N/N=C/c2ccc(C3=NN(C4C=CC(OC(F)(F)F)=CC4)C(C(N)=O)C3)cc2)c(C)c1. The fourth-order valence-electron chi connectivity index (χ4n) is 4.54. The van der Waals surface area contributed by atoms with Gasteiger partial charge >= 0.3 is 6.36 Å². The Morgan fingerprint density at radius 1 is 1.22 bits per heavy atom. The Bertz CT molecular complexity index is 1410. The molecule has 0 fully saturated rings. The molecule has 0 spiro atoms. The number of rotatable bonds is 8. The average molecular weight is 587 g/mol. The molecule has 4 N–H and O–H groups in total. The molecule has 0 radical (unpaired) electrons. The lowest BCUT2D eigenvalue weighted by Gasteiger charge is -2.29. The molecule has 1 aliphatic carbocycles. The Morgan fingerprint density at radius 3 is 2.46 bits per heavy atom. The number of hydrazone groups is 2. The molecule has 41 heavy (non-hydrogen) atoms. The number of carbonyl (C=O) groups is 1. The number of benzene rings is 2. The quantitative estimate of drug-likeness (QED) is 0.235. The van der Waals surface area contributed by atoms with Crippen LogP contribution in [0.3, 0.4) is 0 Å². The molecule has 1 heterocycles. The number of ether oxygens (including phenoxy) is 2. The molecule has 0 saturated carbocycles. The first-order chi connectivity index (χ1) is 19.4. The van der Waals surface area contributed by atoms with E-state index in [1.807, 2.05) is 50.2 Å². The normalized spacial score (nSPS) is 18.6. The van der Waals surface area contributed by atoms with Gasteiger partial charge in [0.2, 0.25) is 5.91 Å². The summed E-state index contributed by atoms with van der Waals surface area (Å²) in [6.07, 6.45) is 1.34. The lowest BCUT2D eigenvalue weighted by Crippen LogP contribution is -2.44. The highest BCUT2D eigenvalue weighted by Crippen LogP contribution is 2.29. The zero-order valence-corrected chi connectivity index (χ0v) is 23.3. The van der Waals surface area contributed by atoms with Crippen molar-refractivity contribution in [2.45, 2.75) is 45.1 Å². The van der Waals surface area contributed by atoms with Crippen LogP contribution in [-0.4, -0.2) is 53.5 Å². The summed E-state index contributed by atoms with van der Waals surface area (Å²) < 4.78 is 46.7. The number of nitrogens with two attached hydrogens (primary N) is 1. The number of carbonyl (C=O) groups excluding carboxylic acids is 1. The zero-order valence-electron chi connectivity index (χ0n) is 22.5. The van der Waals surface area contributed by atoms with E-state index in [4.69, 9.17) is 22.7 Å². The van der Waals surface area contributed by atoms with Crippen LogP contribution >= 0.6 is 12.2 Å². The fraction of sp³-hybridized carbons (Fsp3) is 0.286. The number of alkyl halides is 3. The van der Waals surface area contributed by atoms with Crippen LogP contribution in [0.5, 0.6) is 5.75 Å². The van der Waals surface area contributed by atoms with Gasteiger partial charge in [-0.3, -0.25) is 15.2 Å². The number of amides is 1. The van der Waals surface area contributed by atoms with E-state index in [0.29, 0.717) is 10.8 Å². The second kappa shape index (κ2) is 12.4. The summed E-state index contributed by atoms with van der Waals surface area (Å²) in [6, 6.07) is 10.0. The first-order valence-corrected chi connectivity index (χ1v) is 13.0. The Kier molecular flexibility index (Phi) is 8.96. The van der Waals surface area contributed by atoms with Crippen molar-refractivity contribution in [1.82, 2.24) is 10.4 Å². The predicted molar refractivity (Wildman–Crippen MR) is 155 cm³/mol. The molecule has 1 aliphatic heterocycles. The van der Waals surface area contributed by atoms with Gasteiger partial charge in [-0.05, 0) is 79.0 Å². The zero-order chi connectivity index (χ0) is 29.7. The maximum absolute atomic E-state index is 12.5. The second-order valence-corrected chi connectivity index (χ2v) is 9.86. The molecular weight excluding hydrogens is 557 g/mol. The Balaban J connectivity index is 1.37. The average Bonchev–Trinajstić information content (AvgIpc) is 3.36. The van der Waals surface area contributed by atoms with Gasteiger partial charge in [0.1, 0.15) is 17.6 Å². The monoisotopic (exact) mass is 586 g/mol. The molecule has 0 bridgehead atoms. The summed E-state index contributed by atoms with van der Waals surface area (Å²) in [5.74, 6) is -0.108. The number of allylic oxidation sites excluding steroid dienone is 1. The van der Waals surface area contributed by atoms with Crippen molar-refractivity contribution in [3.8, 4) is 5.75 Å². The summed E-state index contributed by atoms with van der Waals surface area (Å²) in [5.41, 5.74) is 13.5. The number of anilines is 1. The van der Waals surface area contributed by atoms with Crippen molar-refractivity contribution in [2.24, 2.45) is 15.9 Å². The molecule has 1 amide bonds. The van der Waals surface area contributed by atoms with E-state index in [9.17, 15) is 18.0 Å². The van der Waals surface area contributed by atoms with E-state index in [1.54, 1.807) is 13.3 Å². The Hall–Kier alpha value is -4.39. The minimum Gasteiger partial charge on any atom is -0.497 e. The van der Waals surface area contributed by atoms with Crippen molar-refractivity contribution >= 4 is 40.9 Å². The minimum absolute atomic E-state index is 0.180. The van der Waals surface area contributed by atoms with Crippen LogP contribution in [0.1, 0.15) is 35.1 Å². The highest BCUT2D eigenvalue weighted by atomic mass is 32.1. The number of nitrogens with zero attached hydrogens (tertiary/aromatic N) is 3. The molecule has 2 atom stereocenters. The van der Waals surface area contributed by atoms with Gasteiger partial charge in [0, 0.05) is 12.1 Å². The Morgan fingerprint density at radius 2 is 1.90 bits per heavy atom. The predicted octanol–water partition coefficient (Wildman–Crippen LogP) is 4.65. The third-order valence-corrected chi connectivity index (χ3v) is 6.68. The van der Waals surface area contributed by atoms with Gasteiger partial charge in [-0.15, -0.1) is 13.2 Å². The van der Waals surface area contributed by atoms with E-state index < -0.39 is 24.4 Å². The van der Waals surface area contributed by atoms with Crippen LogP contribution in [-0.2, 0) is 9.53 Å². The lowest BCUT2D eigenvalue weighted by atomic mass is 10.0. The van der Waals surface area contributed by atoms with Crippen molar-refractivity contribution in [3.63, 3.8) is 0 Å². The molecule has 2 unspecified atom stereocenters. The van der Waals surface area contributed by atoms with Crippen LogP contribution in [0.15, 0.2) is 70.6 Å². The van der Waals surface area contributed by atoms with Crippen LogP contribution in [0, 0.1) is 13.8 Å². The number of hydrogen-bond donors (Lipinski definition) is 3. The van der Waals surface area contributed by atoms with Gasteiger partial charge in [0.25, 0.3) is 0 Å². The molecule has 4 rings (SSSR count). The molecule has 9 nitrogen and oxygen atoms in total. The summed E-state index contributed by atoms with van der Waals surface area (Å²) >= 11 is 5.36. The third-order valence-electron chi connectivity index (χ3n) is 6.49. The number of primary amides is 1. The van der Waals surface area contributed by atoms with Gasteiger partial charge in [-0.25, -0.2) is 0 Å². The fourth-order valence-corrected chi connectivity index (χ4v) is 4.70. The number of halogens is 3. The highest BCUT2D eigenvalue weighted by molar-refractivity contribution is 7.80. The number of aryl methyl sites for hydroxylation is 2. The number of nitrogens with one attached hydrogen (secondary N) is 2. The van der Waals surface area contributed by atoms with E-state index in [-0.39, 0.29) is 18.6 Å². The van der Waals surface area contributed by atoms with Crippen molar-refractivity contribution in [2.75, 3.05) is 12.4 Å². The number of hydrogen-bond acceptors (Lipinski definition) is 7. The molecule has 2 aromatic carbocycles. The van der Waals surface area contributed by atoms with E-state index in [1.165, 1.54) is 23.2 Å². The van der Waals surface area contributed by atoms with Gasteiger partial charge in [-0.1, -0.05) is 30.3 Å². The molecular formula is C28H29F3N6O3S. The van der Waals surface area contributed by atoms with E-state index >= 15 is 0 Å². The molecule has 2 aliphatic rings. The summed E-state index contributed by atoms with van der Waals surface area (Å²) in [7, 11) is 1.62. The van der Waals surface area contributed by atoms with Gasteiger partial charge < -0.3 is 20.5 Å². The van der Waals surface area contributed by atoms with Gasteiger partial charge in [-0.2, -0.15) is 10.2 Å². The van der Waals surface area contributed by atoms with Gasteiger partial charge in [0.15, 0.2) is 5.11 Å². The maximum atomic E-state index is 12.5. The van der Waals surface area contributed by atoms with Crippen LogP contribution in [0.25, 0.3) is 0 Å². The number of thiocarbonyl (C=S) groups is 1. The van der Waals surface area contributed by atoms with Crippen LogP contribution in [0.4, 0.5) is 18.9 Å². The van der Waals surface area contributed by atoms with Crippen molar-refractivity contribution in [3.05, 3.63) is 82.6 Å². The molecule has 0 aromatic heterocycles. The smallest absolute Gasteiger partial charge is 0.497 e. The van der Waals surface area contributed by atoms with Crippen molar-refractivity contribution < 1.29 is 27.4 Å². The van der Waals surface area contributed by atoms with Crippen LogP contribution in [0.2, 0.25) is 0 Å². The van der Waals surface area contributed by atoms with Crippen LogP contribution < -0.4 is 21.2 Å². The molecule has 0 saturated heterocycles. The topological polar surface area (TPSA) is 114 Å². The molecule has 216 valence electrons.